The van der Waals surface area contributed by atoms with Crippen LogP contribution in [0.2, 0.25) is 0 Å². The highest BCUT2D eigenvalue weighted by molar-refractivity contribution is 9.10. The molecule has 6 nitrogen and oxygen atoms in total. The van der Waals surface area contributed by atoms with E-state index >= 15 is 0 Å². The molecule has 0 saturated heterocycles. The second-order valence-corrected chi connectivity index (χ2v) is 7.10. The van der Waals surface area contributed by atoms with Crippen molar-refractivity contribution in [1.82, 2.24) is 4.90 Å². The minimum atomic E-state index is -0.403. The molecule has 1 N–H and O–H groups in total. The van der Waals surface area contributed by atoms with Crippen LogP contribution in [0.4, 0.5) is 5.69 Å². The van der Waals surface area contributed by atoms with E-state index in [2.05, 4.69) is 21.2 Å². The standard InChI is InChI=1S/C17H21BrN2O4/c1-10-7-13(10)17(23)24-9-16(22)20(3)8-15(21)19-14-5-4-12(18)6-11(14)2/h4-6,10,13H,7-9H2,1-3H3,(H,19,21)/t10-,13-/m0/s1. The Labute approximate surface area is 149 Å². The second-order valence-electron chi connectivity index (χ2n) is 6.18. The zero-order chi connectivity index (χ0) is 17.9. The lowest BCUT2D eigenvalue weighted by atomic mass is 10.2. The number of carbonyl (C=O) groups is 3. The van der Waals surface area contributed by atoms with Gasteiger partial charge in [0, 0.05) is 17.2 Å². The van der Waals surface area contributed by atoms with E-state index < -0.39 is 5.91 Å². The Morgan fingerprint density at radius 2 is 2.04 bits per heavy atom. The fourth-order valence-corrected chi connectivity index (χ4v) is 2.74. The molecule has 2 rings (SSSR count). The maximum atomic E-state index is 12.0. The van der Waals surface area contributed by atoms with Crippen LogP contribution in [-0.4, -0.2) is 42.9 Å². The molecule has 1 aliphatic rings. The molecule has 0 heterocycles. The number of hydrogen-bond acceptors (Lipinski definition) is 4. The summed E-state index contributed by atoms with van der Waals surface area (Å²) in [6, 6.07) is 5.51. The molecule has 1 fully saturated rings. The van der Waals surface area contributed by atoms with Gasteiger partial charge in [0.1, 0.15) is 0 Å². The van der Waals surface area contributed by atoms with Gasteiger partial charge < -0.3 is 15.0 Å². The zero-order valence-electron chi connectivity index (χ0n) is 14.0. The Morgan fingerprint density at radius 3 is 2.62 bits per heavy atom. The zero-order valence-corrected chi connectivity index (χ0v) is 15.6. The van der Waals surface area contributed by atoms with E-state index in [9.17, 15) is 14.4 Å². The molecule has 0 aromatic heterocycles. The summed E-state index contributed by atoms with van der Waals surface area (Å²) in [5.41, 5.74) is 1.61. The van der Waals surface area contributed by atoms with E-state index in [1.165, 1.54) is 11.9 Å². The molecule has 7 heteroatoms. The Hall–Kier alpha value is -1.89. The van der Waals surface area contributed by atoms with E-state index in [0.29, 0.717) is 11.6 Å². The second kappa shape index (κ2) is 7.79. The largest absolute Gasteiger partial charge is 0.455 e. The third-order valence-electron chi connectivity index (χ3n) is 4.02. The van der Waals surface area contributed by atoms with Crippen LogP contribution in [0.25, 0.3) is 0 Å². The van der Waals surface area contributed by atoms with Crippen molar-refractivity contribution in [2.24, 2.45) is 11.8 Å². The Bertz CT molecular complexity index is 662. The van der Waals surface area contributed by atoms with Crippen LogP contribution in [0.3, 0.4) is 0 Å². The van der Waals surface area contributed by atoms with Crippen molar-refractivity contribution in [3.05, 3.63) is 28.2 Å². The molecule has 24 heavy (non-hydrogen) atoms. The molecule has 1 saturated carbocycles. The molecule has 2 atom stereocenters. The highest BCUT2D eigenvalue weighted by atomic mass is 79.9. The number of halogens is 1. The molecule has 0 spiro atoms. The van der Waals surface area contributed by atoms with Crippen molar-refractivity contribution in [3.8, 4) is 0 Å². The van der Waals surface area contributed by atoms with Crippen molar-refractivity contribution in [2.45, 2.75) is 20.3 Å². The fraction of sp³-hybridized carbons (Fsp3) is 0.471. The molecular formula is C17H21BrN2O4. The first-order chi connectivity index (χ1) is 11.3. The number of nitrogens with one attached hydrogen (secondary N) is 1. The lowest BCUT2D eigenvalue weighted by Gasteiger charge is -2.17. The summed E-state index contributed by atoms with van der Waals surface area (Å²) in [5.74, 6) is -0.783. The number of aryl methyl sites for hydroxylation is 1. The predicted molar refractivity (Wildman–Crippen MR) is 93.4 cm³/mol. The Kier molecular flexibility index (Phi) is 5.99. The van der Waals surface area contributed by atoms with Gasteiger partial charge in [-0.1, -0.05) is 22.9 Å². The minimum Gasteiger partial charge on any atom is -0.455 e. The summed E-state index contributed by atoms with van der Waals surface area (Å²) in [6.45, 7) is 3.41. The topological polar surface area (TPSA) is 75.7 Å². The Balaban J connectivity index is 1.77. The highest BCUT2D eigenvalue weighted by Gasteiger charge is 2.40. The van der Waals surface area contributed by atoms with Crippen LogP contribution in [0.15, 0.2) is 22.7 Å². The van der Waals surface area contributed by atoms with E-state index in [-0.39, 0.29) is 30.9 Å². The number of amides is 2. The maximum absolute atomic E-state index is 12.0. The van der Waals surface area contributed by atoms with Gasteiger partial charge in [0.2, 0.25) is 5.91 Å². The van der Waals surface area contributed by atoms with E-state index in [1.54, 1.807) is 6.07 Å². The number of ether oxygens (including phenoxy) is 1. The average molecular weight is 397 g/mol. The quantitative estimate of drug-likeness (QED) is 0.748. The summed E-state index contributed by atoms with van der Waals surface area (Å²) in [6.07, 6.45) is 0.817. The number of anilines is 1. The number of carbonyl (C=O) groups excluding carboxylic acids is 3. The molecule has 130 valence electrons. The van der Waals surface area contributed by atoms with Crippen molar-refractivity contribution in [3.63, 3.8) is 0 Å². The van der Waals surface area contributed by atoms with Gasteiger partial charge in [0.25, 0.3) is 5.91 Å². The van der Waals surface area contributed by atoms with Crippen LogP contribution in [0.5, 0.6) is 0 Å². The van der Waals surface area contributed by atoms with Crippen molar-refractivity contribution in [2.75, 3.05) is 25.5 Å². The van der Waals surface area contributed by atoms with Crippen molar-refractivity contribution < 1.29 is 19.1 Å². The molecule has 0 aliphatic heterocycles. The van der Waals surface area contributed by atoms with Crippen molar-refractivity contribution >= 4 is 39.4 Å². The summed E-state index contributed by atoms with van der Waals surface area (Å²) in [7, 11) is 1.50. The normalized spacial score (nSPS) is 18.7. The summed E-state index contributed by atoms with van der Waals surface area (Å²) >= 11 is 3.36. The van der Waals surface area contributed by atoms with Gasteiger partial charge in [-0.15, -0.1) is 0 Å². The molecule has 1 aromatic rings. The van der Waals surface area contributed by atoms with Crippen molar-refractivity contribution in [1.29, 1.82) is 0 Å². The molecule has 1 aromatic carbocycles. The maximum Gasteiger partial charge on any atom is 0.309 e. The van der Waals surface area contributed by atoms with Crippen LogP contribution in [0, 0.1) is 18.8 Å². The van der Waals surface area contributed by atoms with Crippen LogP contribution in [-0.2, 0) is 19.1 Å². The van der Waals surface area contributed by atoms with Crippen LogP contribution >= 0.6 is 15.9 Å². The minimum absolute atomic E-state index is 0.0771. The SMILES string of the molecule is Cc1cc(Br)ccc1NC(=O)CN(C)C(=O)COC(=O)[C@H]1C[C@@H]1C. The lowest BCUT2D eigenvalue weighted by molar-refractivity contribution is -0.153. The van der Waals surface area contributed by atoms with Crippen LogP contribution in [0.1, 0.15) is 18.9 Å². The number of hydrogen-bond donors (Lipinski definition) is 1. The number of nitrogens with zero attached hydrogens (tertiary/aromatic N) is 1. The monoisotopic (exact) mass is 396 g/mol. The van der Waals surface area contributed by atoms with E-state index in [4.69, 9.17) is 4.74 Å². The number of esters is 1. The summed E-state index contributed by atoms with van der Waals surface area (Å²) < 4.78 is 5.91. The fourth-order valence-electron chi connectivity index (χ4n) is 2.26. The molecule has 0 radical (unpaired) electrons. The van der Waals surface area contributed by atoms with Gasteiger partial charge >= 0.3 is 5.97 Å². The van der Waals surface area contributed by atoms with Gasteiger partial charge in [0.15, 0.2) is 6.61 Å². The molecular weight excluding hydrogens is 376 g/mol. The third kappa shape index (κ3) is 5.06. The smallest absolute Gasteiger partial charge is 0.309 e. The molecule has 0 bridgehead atoms. The van der Waals surface area contributed by atoms with Gasteiger partial charge in [-0.2, -0.15) is 0 Å². The summed E-state index contributed by atoms with van der Waals surface area (Å²) in [5, 5.41) is 2.76. The van der Waals surface area contributed by atoms with E-state index in [1.807, 2.05) is 26.0 Å². The average Bonchev–Trinajstić information content (AvgIpc) is 3.24. The predicted octanol–water partition coefficient (Wildman–Crippen LogP) is 2.35. The van der Waals surface area contributed by atoms with Crippen LogP contribution < -0.4 is 5.32 Å². The van der Waals surface area contributed by atoms with Gasteiger partial charge in [-0.05, 0) is 43.0 Å². The third-order valence-corrected chi connectivity index (χ3v) is 4.51. The van der Waals surface area contributed by atoms with E-state index in [0.717, 1.165) is 16.5 Å². The molecule has 2 amide bonds. The van der Waals surface area contributed by atoms with Gasteiger partial charge in [-0.3, -0.25) is 14.4 Å². The molecule has 0 unspecified atom stereocenters. The van der Waals surface area contributed by atoms with Gasteiger partial charge in [-0.25, -0.2) is 0 Å². The number of likely N-dealkylation sites (N-methyl/N-ethyl adjacent to an activating group) is 1. The first-order valence-corrected chi connectivity index (χ1v) is 8.54. The van der Waals surface area contributed by atoms with Gasteiger partial charge in [0.05, 0.1) is 12.5 Å². The Morgan fingerprint density at radius 1 is 1.38 bits per heavy atom. The highest BCUT2D eigenvalue weighted by Crippen LogP contribution is 2.38. The molecule has 1 aliphatic carbocycles. The first-order valence-electron chi connectivity index (χ1n) is 7.74. The number of rotatable bonds is 6. The summed E-state index contributed by atoms with van der Waals surface area (Å²) in [4.78, 5) is 36.8. The lowest BCUT2D eigenvalue weighted by Crippen LogP contribution is -2.37. The number of benzene rings is 1. The first kappa shape index (κ1) is 18.4.